The molecule has 0 saturated carbocycles. The van der Waals surface area contributed by atoms with Gasteiger partial charge in [-0.1, -0.05) is 24.4 Å². The molecule has 0 aliphatic carbocycles. The fourth-order valence-electron chi connectivity index (χ4n) is 2.17. The number of aryl methyl sites for hydroxylation is 1. The minimum absolute atomic E-state index is 0.190. The molecule has 7 heteroatoms. The molecule has 0 aliphatic rings. The van der Waals surface area contributed by atoms with Gasteiger partial charge in [-0.2, -0.15) is 0 Å². The van der Waals surface area contributed by atoms with E-state index in [1.54, 1.807) is 18.6 Å². The van der Waals surface area contributed by atoms with Crippen molar-refractivity contribution < 1.29 is 0 Å². The summed E-state index contributed by atoms with van der Waals surface area (Å²) in [6.45, 7) is 2.35. The van der Waals surface area contributed by atoms with Crippen LogP contribution in [0.5, 0.6) is 0 Å². The van der Waals surface area contributed by atoms with Crippen LogP contribution in [0.25, 0.3) is 5.65 Å². The molecule has 0 unspecified atom stereocenters. The Morgan fingerprint density at radius 2 is 2.24 bits per heavy atom. The Bertz CT molecular complexity index is 896. The highest BCUT2D eigenvalue weighted by atomic mass is 32.1. The zero-order chi connectivity index (χ0) is 15.0. The molecule has 2 N–H and O–H groups in total. The molecule has 0 spiro atoms. The van der Waals surface area contributed by atoms with Crippen molar-refractivity contribution in [1.29, 1.82) is 0 Å². The number of aromatic nitrogens is 4. The predicted molar refractivity (Wildman–Crippen MR) is 83.4 cm³/mol. The van der Waals surface area contributed by atoms with Crippen molar-refractivity contribution in [2.24, 2.45) is 5.73 Å². The van der Waals surface area contributed by atoms with E-state index < -0.39 is 0 Å². The first-order valence-corrected chi connectivity index (χ1v) is 6.75. The molecule has 2 aromatic heterocycles. The molecular formula is C14H13N5OS. The number of rotatable bonds is 3. The van der Waals surface area contributed by atoms with Crippen LogP contribution in [0.1, 0.15) is 16.7 Å². The first-order chi connectivity index (χ1) is 10.1. The molecule has 106 valence electrons. The fourth-order valence-corrected chi connectivity index (χ4v) is 2.30. The standard InChI is InChI=1S/C14H13N5OS/c1-9-6-10(13(15)21)2-3-11(9)8-19-14(20)18-5-4-16-7-12(18)17-19/h2-7H,8H2,1H3,(H2,15,21). The highest BCUT2D eigenvalue weighted by molar-refractivity contribution is 7.80. The smallest absolute Gasteiger partial charge is 0.350 e. The molecule has 1 aromatic carbocycles. The number of hydrogen-bond acceptors (Lipinski definition) is 4. The Morgan fingerprint density at radius 3 is 2.90 bits per heavy atom. The fraction of sp³-hybridized carbons (Fsp3) is 0.143. The topological polar surface area (TPSA) is 78.2 Å². The normalized spacial score (nSPS) is 10.9. The zero-order valence-corrected chi connectivity index (χ0v) is 12.2. The molecule has 21 heavy (non-hydrogen) atoms. The van der Waals surface area contributed by atoms with Crippen LogP contribution in [0.2, 0.25) is 0 Å². The van der Waals surface area contributed by atoms with E-state index >= 15 is 0 Å². The van der Waals surface area contributed by atoms with Crippen LogP contribution in [0.15, 0.2) is 41.6 Å². The molecular weight excluding hydrogens is 286 g/mol. The summed E-state index contributed by atoms with van der Waals surface area (Å²) in [5.41, 5.74) is 8.78. The van der Waals surface area contributed by atoms with Crippen LogP contribution in [0, 0.1) is 6.92 Å². The van der Waals surface area contributed by atoms with Crippen molar-refractivity contribution in [3.63, 3.8) is 0 Å². The van der Waals surface area contributed by atoms with E-state index in [9.17, 15) is 4.79 Å². The highest BCUT2D eigenvalue weighted by Gasteiger charge is 2.09. The Hall–Kier alpha value is -2.54. The molecule has 0 fully saturated rings. The minimum Gasteiger partial charge on any atom is -0.389 e. The van der Waals surface area contributed by atoms with Gasteiger partial charge in [0.25, 0.3) is 0 Å². The molecule has 0 saturated heterocycles. The number of hydrogen-bond donors (Lipinski definition) is 1. The molecule has 0 aliphatic heterocycles. The number of nitrogens with two attached hydrogens (primary N) is 1. The highest BCUT2D eigenvalue weighted by Crippen LogP contribution is 2.12. The summed E-state index contributed by atoms with van der Waals surface area (Å²) >= 11 is 4.96. The summed E-state index contributed by atoms with van der Waals surface area (Å²) in [5.74, 6) is 0. The van der Waals surface area contributed by atoms with Crippen molar-refractivity contribution in [3.8, 4) is 0 Å². The van der Waals surface area contributed by atoms with Gasteiger partial charge >= 0.3 is 5.69 Å². The van der Waals surface area contributed by atoms with Crippen molar-refractivity contribution in [3.05, 3.63) is 64.0 Å². The Kier molecular flexibility index (Phi) is 3.26. The predicted octanol–water partition coefficient (Wildman–Crippen LogP) is 0.882. The Balaban J connectivity index is 2.01. The summed E-state index contributed by atoms with van der Waals surface area (Å²) in [6.07, 6.45) is 4.72. The van der Waals surface area contributed by atoms with Crippen molar-refractivity contribution in [1.82, 2.24) is 19.2 Å². The molecule has 0 radical (unpaired) electrons. The van der Waals surface area contributed by atoms with E-state index in [2.05, 4.69) is 10.1 Å². The van der Waals surface area contributed by atoms with Gasteiger partial charge in [0.05, 0.1) is 12.7 Å². The lowest BCUT2D eigenvalue weighted by molar-refractivity contribution is 0.656. The van der Waals surface area contributed by atoms with Gasteiger partial charge in [-0.3, -0.25) is 4.98 Å². The molecule has 3 rings (SSSR count). The van der Waals surface area contributed by atoms with Gasteiger partial charge in [-0.15, -0.1) is 5.10 Å². The molecule has 0 amide bonds. The third-order valence-corrected chi connectivity index (χ3v) is 3.57. The maximum Gasteiger partial charge on any atom is 0.350 e. The Labute approximate surface area is 125 Å². The molecule has 2 heterocycles. The second-order valence-corrected chi connectivity index (χ2v) is 5.19. The number of thiocarbonyl (C=S) groups is 1. The summed E-state index contributed by atoms with van der Waals surface area (Å²) in [6, 6.07) is 5.69. The van der Waals surface area contributed by atoms with Gasteiger partial charge in [0.2, 0.25) is 0 Å². The SMILES string of the molecule is Cc1cc(C(N)=S)ccc1Cn1nc2cnccn2c1=O. The van der Waals surface area contributed by atoms with Gasteiger partial charge in [0, 0.05) is 18.0 Å². The first kappa shape index (κ1) is 13.4. The molecule has 0 bridgehead atoms. The van der Waals surface area contributed by atoms with E-state index in [1.165, 1.54) is 9.08 Å². The van der Waals surface area contributed by atoms with Crippen molar-refractivity contribution in [2.45, 2.75) is 13.5 Å². The van der Waals surface area contributed by atoms with Gasteiger partial charge in [-0.05, 0) is 24.1 Å². The van der Waals surface area contributed by atoms with Gasteiger partial charge < -0.3 is 5.73 Å². The molecule has 0 atom stereocenters. The van der Waals surface area contributed by atoms with E-state index in [-0.39, 0.29) is 5.69 Å². The summed E-state index contributed by atoms with van der Waals surface area (Å²) < 4.78 is 2.88. The van der Waals surface area contributed by atoms with Crippen LogP contribution in [-0.4, -0.2) is 24.2 Å². The van der Waals surface area contributed by atoms with E-state index in [0.717, 1.165) is 16.7 Å². The van der Waals surface area contributed by atoms with Crippen LogP contribution >= 0.6 is 12.2 Å². The third kappa shape index (κ3) is 2.43. The second kappa shape index (κ2) is 5.10. The lowest BCUT2D eigenvalue weighted by Crippen LogP contribution is -2.22. The molecule has 3 aromatic rings. The summed E-state index contributed by atoms with van der Waals surface area (Å²) in [7, 11) is 0. The number of nitrogens with zero attached hydrogens (tertiary/aromatic N) is 4. The third-order valence-electron chi connectivity index (χ3n) is 3.34. The second-order valence-electron chi connectivity index (χ2n) is 4.75. The number of benzene rings is 1. The summed E-state index contributed by atoms with van der Waals surface area (Å²) in [5, 5.41) is 4.26. The van der Waals surface area contributed by atoms with Crippen molar-refractivity contribution >= 4 is 22.9 Å². The molecule has 6 nitrogen and oxygen atoms in total. The van der Waals surface area contributed by atoms with E-state index in [1.807, 2.05) is 25.1 Å². The van der Waals surface area contributed by atoms with Crippen LogP contribution < -0.4 is 11.4 Å². The average molecular weight is 299 g/mol. The summed E-state index contributed by atoms with van der Waals surface area (Å²) in [4.78, 5) is 16.5. The average Bonchev–Trinajstić information content (AvgIpc) is 2.78. The lowest BCUT2D eigenvalue weighted by atomic mass is 10.1. The van der Waals surface area contributed by atoms with E-state index in [4.69, 9.17) is 18.0 Å². The first-order valence-electron chi connectivity index (χ1n) is 6.35. The minimum atomic E-state index is -0.190. The maximum absolute atomic E-state index is 12.2. The van der Waals surface area contributed by atoms with E-state index in [0.29, 0.717) is 17.2 Å². The van der Waals surface area contributed by atoms with Crippen molar-refractivity contribution in [2.75, 3.05) is 0 Å². The van der Waals surface area contributed by atoms with Crippen LogP contribution in [0.3, 0.4) is 0 Å². The van der Waals surface area contributed by atoms with Gasteiger partial charge in [-0.25, -0.2) is 13.9 Å². The lowest BCUT2D eigenvalue weighted by Gasteiger charge is -2.07. The number of fused-ring (bicyclic) bond motifs is 1. The largest absolute Gasteiger partial charge is 0.389 e. The Morgan fingerprint density at radius 1 is 1.43 bits per heavy atom. The van der Waals surface area contributed by atoms with Crippen LogP contribution in [-0.2, 0) is 6.54 Å². The van der Waals surface area contributed by atoms with Crippen LogP contribution in [0.4, 0.5) is 0 Å². The van der Waals surface area contributed by atoms with Gasteiger partial charge in [0.15, 0.2) is 5.65 Å². The zero-order valence-electron chi connectivity index (χ0n) is 11.4. The monoisotopic (exact) mass is 299 g/mol. The van der Waals surface area contributed by atoms with Gasteiger partial charge in [0.1, 0.15) is 4.99 Å². The quantitative estimate of drug-likeness (QED) is 0.726. The maximum atomic E-state index is 12.2.